The molecule has 17 heavy (non-hydrogen) atoms. The van der Waals surface area contributed by atoms with Crippen LogP contribution in [0.2, 0.25) is 0 Å². The monoisotopic (exact) mass is 232 g/mol. The van der Waals surface area contributed by atoms with Gasteiger partial charge in [-0.25, -0.2) is 0 Å². The van der Waals surface area contributed by atoms with Crippen LogP contribution in [0.3, 0.4) is 0 Å². The van der Waals surface area contributed by atoms with Crippen LogP contribution in [0.1, 0.15) is 25.0 Å². The summed E-state index contributed by atoms with van der Waals surface area (Å²) >= 11 is 0. The van der Waals surface area contributed by atoms with E-state index in [1.165, 1.54) is 13.2 Å². The number of ketones is 1. The van der Waals surface area contributed by atoms with Gasteiger partial charge in [-0.05, 0) is 5.56 Å². The van der Waals surface area contributed by atoms with Crippen LogP contribution in [-0.2, 0) is 19.1 Å². The molecule has 1 heterocycles. The number of Topliss-reactive ketones (excluding diaryl/α,β-unsaturated/α-hetero) is 1. The molecule has 0 radical (unpaired) electrons. The van der Waals surface area contributed by atoms with Crippen LogP contribution < -0.4 is 0 Å². The van der Waals surface area contributed by atoms with Crippen LogP contribution in [-0.4, -0.2) is 11.8 Å². The van der Waals surface area contributed by atoms with E-state index in [2.05, 4.69) is 0 Å². The fraction of sp³-hybridized carbons (Fsp3) is 0.231. The van der Waals surface area contributed by atoms with Crippen LogP contribution in [0.4, 0.5) is 0 Å². The van der Waals surface area contributed by atoms with Crippen LogP contribution >= 0.6 is 0 Å². The van der Waals surface area contributed by atoms with E-state index >= 15 is 0 Å². The summed E-state index contributed by atoms with van der Waals surface area (Å²) < 4.78 is 10.1. The third kappa shape index (κ3) is 2.72. The highest BCUT2D eigenvalue weighted by Crippen LogP contribution is 2.27. The van der Waals surface area contributed by atoms with Crippen molar-refractivity contribution in [3.8, 4) is 0 Å². The van der Waals surface area contributed by atoms with Crippen molar-refractivity contribution in [3.63, 3.8) is 0 Å². The second kappa shape index (κ2) is 4.82. The number of hydrogen-bond acceptors (Lipinski definition) is 4. The van der Waals surface area contributed by atoms with Crippen molar-refractivity contribution in [2.75, 3.05) is 0 Å². The molecule has 0 bridgehead atoms. The predicted octanol–water partition coefficient (Wildman–Crippen LogP) is 2.12. The van der Waals surface area contributed by atoms with Crippen LogP contribution in [0.25, 0.3) is 0 Å². The van der Waals surface area contributed by atoms with Crippen molar-refractivity contribution in [1.29, 1.82) is 0 Å². The molecule has 0 aliphatic carbocycles. The molecule has 4 nitrogen and oxygen atoms in total. The molecule has 1 aromatic carbocycles. The number of esters is 1. The van der Waals surface area contributed by atoms with Gasteiger partial charge in [0.1, 0.15) is 12.4 Å². The number of carbonyl (C=O) groups is 2. The largest absolute Gasteiger partial charge is 0.489 e. The zero-order chi connectivity index (χ0) is 12.3. The third-order valence-corrected chi connectivity index (χ3v) is 2.41. The average molecular weight is 232 g/mol. The van der Waals surface area contributed by atoms with Gasteiger partial charge in [-0.2, -0.15) is 0 Å². The smallest absolute Gasteiger partial charge is 0.308 e. The molecule has 2 rings (SSSR count). The van der Waals surface area contributed by atoms with E-state index in [9.17, 15) is 9.59 Å². The van der Waals surface area contributed by atoms with E-state index in [0.717, 1.165) is 5.56 Å². The van der Waals surface area contributed by atoms with Gasteiger partial charge < -0.3 is 9.47 Å². The Balaban J connectivity index is 2.11. The highest BCUT2D eigenvalue weighted by Gasteiger charge is 2.26. The molecule has 0 saturated heterocycles. The Labute approximate surface area is 98.8 Å². The lowest BCUT2D eigenvalue weighted by atomic mass is 10.0. The molecular formula is C13H12O4. The van der Waals surface area contributed by atoms with Gasteiger partial charge in [-0.1, -0.05) is 30.3 Å². The van der Waals surface area contributed by atoms with Crippen molar-refractivity contribution in [3.05, 3.63) is 47.9 Å². The molecule has 1 aromatic rings. The first-order valence-electron chi connectivity index (χ1n) is 5.29. The minimum atomic E-state index is -0.522. The number of hydrogen-bond donors (Lipinski definition) is 0. The molecule has 0 N–H and O–H groups in total. The Morgan fingerprint density at radius 2 is 2.06 bits per heavy atom. The molecule has 88 valence electrons. The van der Waals surface area contributed by atoms with Gasteiger partial charge in [0, 0.05) is 6.92 Å². The summed E-state index contributed by atoms with van der Waals surface area (Å²) in [4.78, 5) is 22.4. The standard InChI is InChI=1S/C13H12O4/c1-9(14)17-13-8-16-12(7-11(13)15)10-5-3-2-4-6-10/h2-6,8,12H,7H2,1H3. The van der Waals surface area contributed by atoms with Gasteiger partial charge >= 0.3 is 5.97 Å². The third-order valence-electron chi connectivity index (χ3n) is 2.41. The van der Waals surface area contributed by atoms with E-state index in [4.69, 9.17) is 9.47 Å². The number of ether oxygens (including phenoxy) is 2. The molecule has 0 fully saturated rings. The molecule has 0 saturated carbocycles. The van der Waals surface area contributed by atoms with Gasteiger partial charge in [0.25, 0.3) is 0 Å². The van der Waals surface area contributed by atoms with Gasteiger partial charge in [-0.3, -0.25) is 9.59 Å². The molecule has 1 unspecified atom stereocenters. The van der Waals surface area contributed by atoms with E-state index in [-0.39, 0.29) is 24.1 Å². The Bertz CT molecular complexity index is 462. The van der Waals surface area contributed by atoms with Gasteiger partial charge in [0.05, 0.1) is 6.42 Å². The Morgan fingerprint density at radius 1 is 1.35 bits per heavy atom. The SMILES string of the molecule is CC(=O)OC1=COC(c2ccccc2)CC1=O. The average Bonchev–Trinajstić information content (AvgIpc) is 2.32. The molecule has 1 aliphatic rings. The quantitative estimate of drug-likeness (QED) is 0.733. The summed E-state index contributed by atoms with van der Waals surface area (Å²) in [5.41, 5.74) is 0.930. The molecule has 1 aliphatic heterocycles. The fourth-order valence-corrected chi connectivity index (χ4v) is 1.63. The molecule has 4 heteroatoms. The topological polar surface area (TPSA) is 52.6 Å². The summed E-state index contributed by atoms with van der Waals surface area (Å²) in [5, 5.41) is 0. The van der Waals surface area contributed by atoms with Crippen molar-refractivity contribution < 1.29 is 19.1 Å². The van der Waals surface area contributed by atoms with E-state index in [1.54, 1.807) is 0 Å². The maximum atomic E-state index is 11.7. The number of benzene rings is 1. The van der Waals surface area contributed by atoms with Crippen LogP contribution in [0, 0.1) is 0 Å². The normalized spacial score (nSPS) is 19.2. The van der Waals surface area contributed by atoms with E-state index in [1.807, 2.05) is 30.3 Å². The van der Waals surface area contributed by atoms with Crippen molar-refractivity contribution in [2.45, 2.75) is 19.4 Å². The highest BCUT2D eigenvalue weighted by molar-refractivity contribution is 5.96. The summed E-state index contributed by atoms with van der Waals surface area (Å²) in [6, 6.07) is 9.45. The second-order valence-corrected chi connectivity index (χ2v) is 3.74. The lowest BCUT2D eigenvalue weighted by Crippen LogP contribution is -2.19. The lowest BCUT2D eigenvalue weighted by Gasteiger charge is -2.21. The minimum absolute atomic E-state index is 0.0234. The van der Waals surface area contributed by atoms with E-state index < -0.39 is 5.97 Å². The number of rotatable bonds is 2. The Hall–Kier alpha value is -2.10. The Morgan fingerprint density at radius 3 is 2.65 bits per heavy atom. The molecule has 1 atom stereocenters. The first-order valence-corrected chi connectivity index (χ1v) is 5.29. The highest BCUT2D eigenvalue weighted by atomic mass is 16.6. The second-order valence-electron chi connectivity index (χ2n) is 3.74. The maximum Gasteiger partial charge on any atom is 0.308 e. The summed E-state index contributed by atoms with van der Waals surface area (Å²) in [6.45, 7) is 1.25. The van der Waals surface area contributed by atoms with Crippen molar-refractivity contribution in [1.82, 2.24) is 0 Å². The van der Waals surface area contributed by atoms with Crippen LogP contribution in [0.5, 0.6) is 0 Å². The molecule has 0 amide bonds. The lowest BCUT2D eigenvalue weighted by molar-refractivity contribution is -0.142. The van der Waals surface area contributed by atoms with Gasteiger partial charge in [0.2, 0.25) is 11.5 Å². The number of carbonyl (C=O) groups excluding carboxylic acids is 2. The zero-order valence-corrected chi connectivity index (χ0v) is 9.38. The fourth-order valence-electron chi connectivity index (χ4n) is 1.63. The van der Waals surface area contributed by atoms with Crippen LogP contribution in [0.15, 0.2) is 42.4 Å². The summed E-state index contributed by atoms with van der Waals surface area (Å²) in [5.74, 6) is -0.767. The van der Waals surface area contributed by atoms with Gasteiger partial charge in [0.15, 0.2) is 0 Å². The summed E-state index contributed by atoms with van der Waals surface area (Å²) in [7, 11) is 0. The predicted molar refractivity (Wildman–Crippen MR) is 59.7 cm³/mol. The van der Waals surface area contributed by atoms with Crippen molar-refractivity contribution in [2.24, 2.45) is 0 Å². The molecular weight excluding hydrogens is 220 g/mol. The first kappa shape index (κ1) is 11.4. The molecule has 0 aromatic heterocycles. The Kier molecular flexibility index (Phi) is 3.23. The van der Waals surface area contributed by atoms with Crippen molar-refractivity contribution >= 4 is 11.8 Å². The number of allylic oxidation sites excluding steroid dienone is 1. The zero-order valence-electron chi connectivity index (χ0n) is 9.38. The van der Waals surface area contributed by atoms with E-state index in [0.29, 0.717) is 0 Å². The molecule has 0 spiro atoms. The van der Waals surface area contributed by atoms with Gasteiger partial charge in [-0.15, -0.1) is 0 Å². The first-order chi connectivity index (χ1) is 8.16. The minimum Gasteiger partial charge on any atom is -0.489 e. The summed E-state index contributed by atoms with van der Waals surface area (Å²) in [6.07, 6.45) is 1.09. The maximum absolute atomic E-state index is 11.7.